The first kappa shape index (κ1) is 16.1. The first-order valence-corrected chi connectivity index (χ1v) is 8.68. The second kappa shape index (κ2) is 8.24. The number of carbonyl (C=O) groups excluding carboxylic acids is 1. The Hall–Kier alpha value is -1.27. The molecule has 1 amide bonds. The monoisotopic (exact) mass is 309 g/mol. The van der Waals surface area contributed by atoms with Crippen LogP contribution in [0.4, 0.5) is 0 Å². The number of ether oxygens (including phenoxy) is 1. The Balaban J connectivity index is 1.70. The van der Waals surface area contributed by atoms with Gasteiger partial charge in [-0.25, -0.2) is 4.98 Å². The van der Waals surface area contributed by atoms with Gasteiger partial charge >= 0.3 is 0 Å². The summed E-state index contributed by atoms with van der Waals surface area (Å²) in [6.45, 7) is 1.20. The van der Waals surface area contributed by atoms with Gasteiger partial charge in [-0.15, -0.1) is 0 Å². The summed E-state index contributed by atoms with van der Waals surface area (Å²) in [6.07, 6.45) is 6.96. The van der Waals surface area contributed by atoms with Gasteiger partial charge in [0.25, 0.3) is 0 Å². The van der Waals surface area contributed by atoms with Gasteiger partial charge in [-0.2, -0.15) is 11.8 Å². The molecule has 0 aliphatic heterocycles. The lowest BCUT2D eigenvalue weighted by molar-refractivity contribution is -0.122. The largest absolute Gasteiger partial charge is 0.477 e. The first-order chi connectivity index (χ1) is 10.2. The van der Waals surface area contributed by atoms with Crippen molar-refractivity contribution in [2.24, 2.45) is 11.7 Å². The molecule has 6 heteroatoms. The van der Waals surface area contributed by atoms with Gasteiger partial charge in [-0.05, 0) is 42.8 Å². The summed E-state index contributed by atoms with van der Waals surface area (Å²) in [5.41, 5.74) is 6.75. The maximum Gasteiger partial charge on any atom is 0.237 e. The summed E-state index contributed by atoms with van der Waals surface area (Å²) in [6, 6.07) is 3.33. The Kier molecular flexibility index (Phi) is 6.32. The molecule has 1 heterocycles. The molecule has 1 aliphatic carbocycles. The van der Waals surface area contributed by atoms with Crippen LogP contribution in [-0.2, 0) is 11.3 Å². The van der Waals surface area contributed by atoms with Crippen molar-refractivity contribution < 1.29 is 9.53 Å². The number of thioether (sulfide) groups is 1. The molecule has 1 saturated carbocycles. The van der Waals surface area contributed by atoms with E-state index in [4.69, 9.17) is 10.5 Å². The number of aromatic nitrogens is 1. The van der Waals surface area contributed by atoms with Gasteiger partial charge in [0.1, 0.15) is 0 Å². The lowest BCUT2D eigenvalue weighted by Crippen LogP contribution is -2.40. The van der Waals surface area contributed by atoms with Crippen molar-refractivity contribution in [2.75, 3.05) is 18.6 Å². The van der Waals surface area contributed by atoms with E-state index in [1.165, 1.54) is 12.8 Å². The standard InChI is InChI=1S/C15H23N3O2S/c1-21-7-6-13(16)15(19)18-9-12-4-5-14(17-8-12)20-10-11-2-3-11/h4-5,8,11,13H,2-3,6-7,9-10,16H2,1H3,(H,18,19). The first-order valence-electron chi connectivity index (χ1n) is 7.29. The summed E-state index contributed by atoms with van der Waals surface area (Å²) in [4.78, 5) is 16.0. The van der Waals surface area contributed by atoms with E-state index in [1.54, 1.807) is 18.0 Å². The summed E-state index contributed by atoms with van der Waals surface area (Å²) in [7, 11) is 0. The Labute approximate surface area is 130 Å². The molecule has 1 unspecified atom stereocenters. The van der Waals surface area contributed by atoms with E-state index in [9.17, 15) is 4.79 Å². The minimum absolute atomic E-state index is 0.113. The van der Waals surface area contributed by atoms with E-state index in [0.717, 1.165) is 17.9 Å². The number of amides is 1. The smallest absolute Gasteiger partial charge is 0.237 e. The third-order valence-corrected chi connectivity index (χ3v) is 4.04. The zero-order valence-electron chi connectivity index (χ0n) is 12.4. The second-order valence-electron chi connectivity index (χ2n) is 5.36. The summed E-state index contributed by atoms with van der Waals surface area (Å²) in [5, 5.41) is 2.83. The lowest BCUT2D eigenvalue weighted by Gasteiger charge is -2.11. The molecule has 3 N–H and O–H groups in total. The Morgan fingerprint density at radius 1 is 1.57 bits per heavy atom. The van der Waals surface area contributed by atoms with Gasteiger partial charge in [0.2, 0.25) is 11.8 Å². The van der Waals surface area contributed by atoms with Crippen LogP contribution < -0.4 is 15.8 Å². The predicted molar refractivity (Wildman–Crippen MR) is 85.3 cm³/mol. The Morgan fingerprint density at radius 2 is 2.38 bits per heavy atom. The summed E-state index contributed by atoms with van der Waals surface area (Å²) < 4.78 is 5.57. The van der Waals surface area contributed by atoms with Crippen molar-refractivity contribution in [3.8, 4) is 5.88 Å². The molecular formula is C15H23N3O2S. The number of nitrogens with two attached hydrogens (primary N) is 1. The maximum absolute atomic E-state index is 11.8. The fourth-order valence-corrected chi connectivity index (χ4v) is 2.27. The lowest BCUT2D eigenvalue weighted by atomic mass is 10.2. The normalized spacial score (nSPS) is 15.5. The Bertz CT molecular complexity index is 449. The summed E-state index contributed by atoms with van der Waals surface area (Å²) >= 11 is 1.69. The maximum atomic E-state index is 11.8. The molecule has 21 heavy (non-hydrogen) atoms. The fourth-order valence-electron chi connectivity index (χ4n) is 1.78. The van der Waals surface area contributed by atoms with E-state index >= 15 is 0 Å². The number of pyridine rings is 1. The molecule has 0 spiro atoms. The van der Waals surface area contributed by atoms with Crippen LogP contribution in [0.2, 0.25) is 0 Å². The molecule has 5 nitrogen and oxygen atoms in total. The molecule has 1 fully saturated rings. The van der Waals surface area contributed by atoms with Crippen LogP contribution in [0.1, 0.15) is 24.8 Å². The number of nitrogens with zero attached hydrogens (tertiary/aromatic N) is 1. The van der Waals surface area contributed by atoms with Gasteiger partial charge in [-0.1, -0.05) is 6.07 Å². The number of nitrogens with one attached hydrogen (secondary N) is 1. The van der Waals surface area contributed by atoms with E-state index in [0.29, 0.717) is 24.8 Å². The number of carbonyl (C=O) groups is 1. The topological polar surface area (TPSA) is 77.2 Å². The van der Waals surface area contributed by atoms with E-state index in [1.807, 2.05) is 18.4 Å². The van der Waals surface area contributed by atoms with Crippen LogP contribution in [0.5, 0.6) is 5.88 Å². The second-order valence-corrected chi connectivity index (χ2v) is 6.35. The molecule has 116 valence electrons. The van der Waals surface area contributed by atoms with Crippen molar-refractivity contribution in [1.82, 2.24) is 10.3 Å². The van der Waals surface area contributed by atoms with Crippen LogP contribution in [0.15, 0.2) is 18.3 Å². The number of hydrogen-bond acceptors (Lipinski definition) is 5. The van der Waals surface area contributed by atoms with Gasteiger partial charge in [0.05, 0.1) is 12.6 Å². The molecule has 0 saturated heterocycles. The van der Waals surface area contributed by atoms with Crippen LogP contribution >= 0.6 is 11.8 Å². The molecule has 0 radical (unpaired) electrons. The molecular weight excluding hydrogens is 286 g/mol. The molecule has 0 aromatic carbocycles. The highest BCUT2D eigenvalue weighted by Gasteiger charge is 2.22. The third kappa shape index (κ3) is 5.93. The fraction of sp³-hybridized carbons (Fsp3) is 0.600. The van der Waals surface area contributed by atoms with Gasteiger partial charge in [0.15, 0.2) is 0 Å². The molecule has 0 bridgehead atoms. The van der Waals surface area contributed by atoms with Gasteiger partial charge in [0, 0.05) is 18.8 Å². The van der Waals surface area contributed by atoms with Crippen LogP contribution in [0.25, 0.3) is 0 Å². The highest BCUT2D eigenvalue weighted by Crippen LogP contribution is 2.29. The minimum Gasteiger partial charge on any atom is -0.477 e. The van der Waals surface area contributed by atoms with Crippen molar-refractivity contribution in [2.45, 2.75) is 31.8 Å². The zero-order chi connectivity index (χ0) is 15.1. The molecule has 1 aromatic rings. The van der Waals surface area contributed by atoms with Crippen molar-refractivity contribution in [3.05, 3.63) is 23.9 Å². The zero-order valence-corrected chi connectivity index (χ0v) is 13.2. The average molecular weight is 309 g/mol. The summed E-state index contributed by atoms with van der Waals surface area (Å²) in [5.74, 6) is 2.14. The highest BCUT2D eigenvalue weighted by atomic mass is 32.2. The predicted octanol–water partition coefficient (Wildman–Crippen LogP) is 1.57. The quantitative estimate of drug-likeness (QED) is 0.724. The van der Waals surface area contributed by atoms with Gasteiger partial charge < -0.3 is 15.8 Å². The molecule has 1 aromatic heterocycles. The third-order valence-electron chi connectivity index (χ3n) is 3.40. The number of rotatable bonds is 9. The van der Waals surface area contributed by atoms with E-state index < -0.39 is 6.04 Å². The van der Waals surface area contributed by atoms with E-state index in [2.05, 4.69) is 10.3 Å². The van der Waals surface area contributed by atoms with Crippen molar-refractivity contribution in [3.63, 3.8) is 0 Å². The molecule has 2 rings (SSSR count). The van der Waals surface area contributed by atoms with Crippen LogP contribution in [0.3, 0.4) is 0 Å². The van der Waals surface area contributed by atoms with Crippen LogP contribution in [0, 0.1) is 5.92 Å². The van der Waals surface area contributed by atoms with Crippen molar-refractivity contribution >= 4 is 17.7 Å². The van der Waals surface area contributed by atoms with E-state index in [-0.39, 0.29) is 5.91 Å². The average Bonchev–Trinajstić information content (AvgIpc) is 3.33. The number of hydrogen-bond donors (Lipinski definition) is 2. The van der Waals surface area contributed by atoms with Crippen LogP contribution in [-0.4, -0.2) is 35.5 Å². The minimum atomic E-state index is -0.438. The van der Waals surface area contributed by atoms with Gasteiger partial charge in [-0.3, -0.25) is 4.79 Å². The molecule has 1 aliphatic rings. The SMILES string of the molecule is CSCCC(N)C(=O)NCc1ccc(OCC2CC2)nc1. The Morgan fingerprint density at radius 3 is 3.00 bits per heavy atom. The highest BCUT2D eigenvalue weighted by molar-refractivity contribution is 7.98. The molecule has 1 atom stereocenters. The van der Waals surface area contributed by atoms with Crippen molar-refractivity contribution in [1.29, 1.82) is 0 Å².